The Hall–Kier alpha value is -0.460. The molecule has 0 amide bonds. The Morgan fingerprint density at radius 3 is 3.09 bits per heavy atom. The number of ether oxygens (including phenoxy) is 1. The smallest absolute Gasteiger partial charge is 0.225 e. The first-order chi connectivity index (χ1) is 5.22. The van der Waals surface area contributed by atoms with Crippen LogP contribution >= 0.6 is 11.5 Å². The van der Waals surface area contributed by atoms with Crippen LogP contribution in [-0.2, 0) is 16.8 Å². The monoisotopic (exact) mass is 193 g/mol. The van der Waals surface area contributed by atoms with Crippen LogP contribution in [0.2, 0.25) is 0 Å². The van der Waals surface area contributed by atoms with Gasteiger partial charge in [0.05, 0.1) is 12.9 Å². The molecule has 6 heteroatoms. The summed E-state index contributed by atoms with van der Waals surface area (Å²) in [5, 5.41) is 0. The lowest BCUT2D eigenvalue weighted by atomic mass is 10.5. The molecular formula is C5H7NO3S2. The van der Waals surface area contributed by atoms with Gasteiger partial charge in [-0.3, -0.25) is 0 Å². The maximum absolute atomic E-state index is 10.3. The van der Waals surface area contributed by atoms with Gasteiger partial charge in [0, 0.05) is 10.9 Å². The predicted octanol–water partition coefficient (Wildman–Crippen LogP) is 0.873. The minimum atomic E-state index is -1.79. The van der Waals surface area contributed by atoms with E-state index in [-0.39, 0.29) is 5.75 Å². The van der Waals surface area contributed by atoms with Crippen molar-refractivity contribution in [1.29, 1.82) is 0 Å². The second kappa shape index (κ2) is 3.80. The fourth-order valence-corrected chi connectivity index (χ4v) is 1.91. The lowest BCUT2D eigenvalue weighted by Gasteiger charge is -1.87. The zero-order valence-corrected chi connectivity index (χ0v) is 7.44. The fourth-order valence-electron chi connectivity index (χ4n) is 0.580. The van der Waals surface area contributed by atoms with Crippen molar-refractivity contribution in [3.05, 3.63) is 10.9 Å². The Bertz CT molecular complexity index is 260. The van der Waals surface area contributed by atoms with Crippen LogP contribution in [0.15, 0.2) is 6.07 Å². The van der Waals surface area contributed by atoms with Crippen molar-refractivity contribution in [1.82, 2.24) is 4.37 Å². The number of aromatic nitrogens is 1. The molecule has 0 saturated carbocycles. The van der Waals surface area contributed by atoms with Crippen LogP contribution in [0.1, 0.15) is 4.88 Å². The van der Waals surface area contributed by atoms with Gasteiger partial charge in [-0.2, -0.15) is 4.37 Å². The maximum atomic E-state index is 10.3. The summed E-state index contributed by atoms with van der Waals surface area (Å²) in [6.07, 6.45) is 0. The molecule has 0 aliphatic heterocycles. The number of methoxy groups -OCH3 is 1. The SMILES string of the molecule is COc1cc(CS(=O)O)sn1. The second-order valence-corrected chi connectivity index (χ2v) is 3.62. The van der Waals surface area contributed by atoms with E-state index in [0.717, 1.165) is 4.88 Å². The molecule has 0 aromatic carbocycles. The van der Waals surface area contributed by atoms with Gasteiger partial charge in [-0.05, 0) is 11.5 Å². The van der Waals surface area contributed by atoms with Crippen molar-refractivity contribution in [2.24, 2.45) is 0 Å². The third-order valence-corrected chi connectivity index (χ3v) is 2.52. The normalized spacial score (nSPS) is 12.9. The van der Waals surface area contributed by atoms with Crippen LogP contribution in [0.25, 0.3) is 0 Å². The summed E-state index contributed by atoms with van der Waals surface area (Å²) in [6.45, 7) is 0. The molecule has 1 atom stereocenters. The van der Waals surface area contributed by atoms with E-state index < -0.39 is 11.1 Å². The highest BCUT2D eigenvalue weighted by Crippen LogP contribution is 2.16. The van der Waals surface area contributed by atoms with Crippen molar-refractivity contribution in [2.75, 3.05) is 7.11 Å². The van der Waals surface area contributed by atoms with E-state index in [0.29, 0.717) is 5.88 Å². The number of rotatable bonds is 3. The fraction of sp³-hybridized carbons (Fsp3) is 0.400. The van der Waals surface area contributed by atoms with Crippen LogP contribution in [-0.4, -0.2) is 20.2 Å². The highest BCUT2D eigenvalue weighted by molar-refractivity contribution is 7.78. The summed E-state index contributed by atoms with van der Waals surface area (Å²) in [5.41, 5.74) is 0. The topological polar surface area (TPSA) is 59.4 Å². The van der Waals surface area contributed by atoms with E-state index in [4.69, 9.17) is 9.29 Å². The second-order valence-electron chi connectivity index (χ2n) is 1.80. The summed E-state index contributed by atoms with van der Waals surface area (Å²) < 4.78 is 27.5. The number of nitrogens with zero attached hydrogens (tertiary/aromatic N) is 1. The first kappa shape index (κ1) is 8.63. The van der Waals surface area contributed by atoms with E-state index in [9.17, 15) is 4.21 Å². The average molecular weight is 193 g/mol. The molecule has 1 aromatic rings. The first-order valence-electron chi connectivity index (χ1n) is 2.79. The molecular weight excluding hydrogens is 186 g/mol. The van der Waals surface area contributed by atoms with Gasteiger partial charge in [-0.15, -0.1) is 0 Å². The highest BCUT2D eigenvalue weighted by atomic mass is 32.2. The molecule has 4 nitrogen and oxygen atoms in total. The van der Waals surface area contributed by atoms with Gasteiger partial charge in [0.15, 0.2) is 11.1 Å². The van der Waals surface area contributed by atoms with Gasteiger partial charge in [0.1, 0.15) is 0 Å². The summed E-state index contributed by atoms with van der Waals surface area (Å²) in [5.74, 6) is 0.622. The van der Waals surface area contributed by atoms with Gasteiger partial charge in [0.25, 0.3) is 0 Å². The van der Waals surface area contributed by atoms with Crippen molar-refractivity contribution in [3.8, 4) is 5.88 Å². The molecule has 1 aromatic heterocycles. The zero-order chi connectivity index (χ0) is 8.27. The molecule has 1 N–H and O–H groups in total. The Morgan fingerprint density at radius 2 is 2.64 bits per heavy atom. The van der Waals surface area contributed by atoms with Crippen LogP contribution in [0.5, 0.6) is 5.88 Å². The molecule has 1 heterocycles. The van der Waals surface area contributed by atoms with E-state index in [1.807, 2.05) is 0 Å². The van der Waals surface area contributed by atoms with Crippen LogP contribution < -0.4 is 4.74 Å². The summed E-state index contributed by atoms with van der Waals surface area (Å²) in [4.78, 5) is 0.752. The summed E-state index contributed by atoms with van der Waals surface area (Å²) in [6, 6.07) is 1.65. The third kappa shape index (κ3) is 2.57. The third-order valence-electron chi connectivity index (χ3n) is 1.01. The van der Waals surface area contributed by atoms with Crippen molar-refractivity contribution in [3.63, 3.8) is 0 Å². The lowest BCUT2D eigenvalue weighted by Crippen LogP contribution is -1.88. The number of hydrogen-bond acceptors (Lipinski definition) is 4. The minimum Gasteiger partial charge on any atom is -0.480 e. The molecule has 0 spiro atoms. The summed E-state index contributed by atoms with van der Waals surface area (Å²) in [7, 11) is 1.51. The molecule has 0 radical (unpaired) electrons. The van der Waals surface area contributed by atoms with E-state index >= 15 is 0 Å². The standard InChI is InChI=1S/C5H7NO3S2/c1-9-5-2-4(10-6-5)3-11(7)8/h2H,3H2,1H3,(H,7,8). The Labute approximate surface area is 70.7 Å². The maximum Gasteiger partial charge on any atom is 0.225 e. The highest BCUT2D eigenvalue weighted by Gasteiger charge is 2.03. The predicted molar refractivity (Wildman–Crippen MR) is 43.1 cm³/mol. The van der Waals surface area contributed by atoms with Gasteiger partial charge >= 0.3 is 0 Å². The van der Waals surface area contributed by atoms with Crippen LogP contribution in [0.3, 0.4) is 0 Å². The van der Waals surface area contributed by atoms with Gasteiger partial charge in [0.2, 0.25) is 5.88 Å². The lowest BCUT2D eigenvalue weighted by molar-refractivity contribution is 0.402. The molecule has 0 saturated heterocycles. The van der Waals surface area contributed by atoms with Gasteiger partial charge in [-0.25, -0.2) is 4.21 Å². The minimum absolute atomic E-state index is 0.126. The van der Waals surface area contributed by atoms with E-state index in [1.54, 1.807) is 6.07 Å². The first-order valence-corrected chi connectivity index (χ1v) is 4.84. The van der Waals surface area contributed by atoms with Crippen molar-refractivity contribution >= 4 is 22.6 Å². The Kier molecular flexibility index (Phi) is 2.98. The molecule has 1 unspecified atom stereocenters. The van der Waals surface area contributed by atoms with E-state index in [2.05, 4.69) is 4.37 Å². The summed E-state index contributed by atoms with van der Waals surface area (Å²) >= 11 is -0.616. The molecule has 11 heavy (non-hydrogen) atoms. The van der Waals surface area contributed by atoms with Crippen LogP contribution in [0.4, 0.5) is 0 Å². The van der Waals surface area contributed by atoms with Gasteiger partial charge < -0.3 is 9.29 Å². The zero-order valence-electron chi connectivity index (χ0n) is 5.81. The molecule has 0 aliphatic carbocycles. The largest absolute Gasteiger partial charge is 0.480 e. The molecule has 1 rings (SSSR count). The Balaban J connectivity index is 2.65. The van der Waals surface area contributed by atoms with E-state index in [1.165, 1.54) is 18.6 Å². The van der Waals surface area contributed by atoms with Crippen molar-refractivity contribution in [2.45, 2.75) is 5.75 Å². The molecule has 0 aliphatic rings. The average Bonchev–Trinajstić information content (AvgIpc) is 2.34. The molecule has 0 bridgehead atoms. The Morgan fingerprint density at radius 1 is 1.91 bits per heavy atom. The van der Waals surface area contributed by atoms with Crippen LogP contribution in [0, 0.1) is 0 Å². The number of hydrogen-bond donors (Lipinski definition) is 1. The molecule has 62 valence electrons. The molecule has 0 fully saturated rings. The van der Waals surface area contributed by atoms with Crippen molar-refractivity contribution < 1.29 is 13.5 Å². The van der Waals surface area contributed by atoms with Gasteiger partial charge in [-0.1, -0.05) is 0 Å². The quantitative estimate of drug-likeness (QED) is 0.724.